The molecule has 1 heterocycles. The minimum Gasteiger partial charge on any atom is -0.462 e. The molecule has 414 valence electrons. The molecule has 23 heteroatoms. The Labute approximate surface area is 465 Å². The Kier molecular flexibility index (Phi) is 30.1. The highest BCUT2D eigenvalue weighted by Gasteiger charge is 2.54. The smallest absolute Gasteiger partial charge is 0.462 e. The zero-order valence-corrected chi connectivity index (χ0v) is 48.1. The molecule has 1 N–H and O–H groups in total. The van der Waals surface area contributed by atoms with Crippen molar-refractivity contribution in [1.29, 1.82) is 0 Å². The lowest BCUT2D eigenvalue weighted by atomic mass is 9.97. The van der Waals surface area contributed by atoms with Crippen LogP contribution in [0.15, 0.2) is 60.7 Å². The molecule has 1 aliphatic heterocycles. The summed E-state index contributed by atoms with van der Waals surface area (Å²) >= 11 is 42.6. The summed E-state index contributed by atoms with van der Waals surface area (Å²) < 4.78 is 63.2. The Morgan fingerprint density at radius 1 is 0.685 bits per heavy atom. The standard InChI is InChI=1S/C50H71Cl7NO14P/c1-5-7-9-11-13-14-16-17-21-31-38(66-40(59)32-26-18-15-12-10-8-6-2)33-41(60)68-44-42(58-46(61)65-35-49(52,53)54)45(51)67-39(34-64-47(62)69-48(3,4)50(55,56)57)43(44)72-73(63,70-36-27-22-19-23-28-36)71-37-29-24-20-25-30-37/h19-20,22-25,27-30,38-39,42-45H,5-18,21,26,31-35H2,1-4H3,(H,58,61)/t38-,39-,42+,43-,44-,45+/m1/s1. The van der Waals surface area contributed by atoms with Crippen LogP contribution in [-0.2, 0) is 47.1 Å². The van der Waals surface area contributed by atoms with E-state index in [1.165, 1.54) is 51.0 Å². The fourth-order valence-corrected chi connectivity index (χ4v) is 9.44. The number of benzene rings is 2. The molecule has 1 amide bonds. The van der Waals surface area contributed by atoms with Crippen molar-refractivity contribution in [2.75, 3.05) is 13.2 Å². The highest BCUT2D eigenvalue weighted by molar-refractivity contribution is 7.49. The van der Waals surface area contributed by atoms with Gasteiger partial charge in [-0.1, -0.05) is 221 Å². The minimum atomic E-state index is -4.97. The molecule has 1 saturated heterocycles. The van der Waals surface area contributed by atoms with E-state index in [1.807, 2.05) is 0 Å². The summed E-state index contributed by atoms with van der Waals surface area (Å²) in [6, 6.07) is 14.1. The number of carbonyl (C=O) groups is 4. The number of alkyl halides is 7. The van der Waals surface area contributed by atoms with E-state index in [2.05, 4.69) is 19.2 Å². The molecule has 0 unspecified atom stereocenters. The number of nitrogens with one attached hydrogen (secondary N) is 1. The predicted octanol–water partition coefficient (Wildman–Crippen LogP) is 15.6. The molecule has 0 bridgehead atoms. The van der Waals surface area contributed by atoms with E-state index in [1.54, 1.807) is 36.4 Å². The van der Waals surface area contributed by atoms with E-state index in [-0.39, 0.29) is 17.9 Å². The molecule has 0 aromatic heterocycles. The van der Waals surface area contributed by atoms with Crippen LogP contribution in [0.1, 0.15) is 150 Å². The Morgan fingerprint density at radius 3 is 1.70 bits per heavy atom. The first kappa shape index (κ1) is 65.0. The van der Waals surface area contributed by atoms with Gasteiger partial charge in [0.25, 0.3) is 0 Å². The quantitative estimate of drug-likeness (QED) is 0.0234. The summed E-state index contributed by atoms with van der Waals surface area (Å²) in [5, 5.41) is 2.46. The van der Waals surface area contributed by atoms with E-state index in [0.717, 1.165) is 77.0 Å². The van der Waals surface area contributed by atoms with Crippen LogP contribution < -0.4 is 14.4 Å². The highest BCUT2D eigenvalue weighted by atomic mass is 35.6. The number of phosphoric acid groups is 1. The van der Waals surface area contributed by atoms with E-state index >= 15 is 4.57 Å². The molecule has 6 atom stereocenters. The number of phosphoric ester groups is 1. The SMILES string of the molecule is CCCCCCCCCCC[C@H](CC(=O)O[C@@H]1[C@H](NC(=O)OCC(Cl)(Cl)Cl)[C@@H](Cl)O[C@H](COC(=O)OC(C)(C)C(Cl)(Cl)Cl)[C@H]1OP(=O)(Oc1ccccc1)Oc1ccccc1)OC(=O)CCCCCCCCC. The van der Waals surface area contributed by atoms with E-state index in [4.69, 9.17) is 123 Å². The second kappa shape index (κ2) is 33.8. The van der Waals surface area contributed by atoms with Crippen molar-refractivity contribution in [1.82, 2.24) is 5.32 Å². The highest BCUT2D eigenvalue weighted by Crippen LogP contribution is 2.53. The number of ether oxygens (including phenoxy) is 6. The van der Waals surface area contributed by atoms with E-state index in [0.29, 0.717) is 19.3 Å². The molecule has 0 aliphatic carbocycles. The average Bonchev–Trinajstić information content (AvgIpc) is 3.31. The molecule has 0 spiro atoms. The Morgan fingerprint density at radius 2 is 1.19 bits per heavy atom. The number of rotatable bonds is 33. The maximum absolute atomic E-state index is 15.1. The van der Waals surface area contributed by atoms with Crippen molar-refractivity contribution in [3.63, 3.8) is 0 Å². The number of para-hydroxylation sites is 2. The molecule has 2 aromatic rings. The lowest BCUT2D eigenvalue weighted by Crippen LogP contribution is -2.65. The maximum atomic E-state index is 15.1. The number of hydrogen-bond acceptors (Lipinski definition) is 14. The van der Waals surface area contributed by atoms with Gasteiger partial charge in [0.05, 0.1) is 6.42 Å². The van der Waals surface area contributed by atoms with Crippen LogP contribution in [0, 0.1) is 0 Å². The predicted molar refractivity (Wildman–Crippen MR) is 285 cm³/mol. The molecule has 15 nitrogen and oxygen atoms in total. The summed E-state index contributed by atoms with van der Waals surface area (Å²) in [7, 11) is -4.97. The Hall–Kier alpha value is -2.30. The summed E-state index contributed by atoms with van der Waals surface area (Å²) in [5.41, 5.74) is -3.37. The lowest BCUT2D eigenvalue weighted by Gasteiger charge is -2.44. The van der Waals surface area contributed by atoms with Gasteiger partial charge in [-0.25, -0.2) is 14.2 Å². The normalized spacial score (nSPS) is 18.8. The molecule has 1 aliphatic rings. The number of halogens is 7. The van der Waals surface area contributed by atoms with Crippen LogP contribution in [0.5, 0.6) is 11.5 Å². The van der Waals surface area contributed by atoms with Crippen molar-refractivity contribution in [3.05, 3.63) is 60.7 Å². The second-order valence-electron chi connectivity index (χ2n) is 18.1. The fraction of sp³-hybridized carbons (Fsp3) is 0.680. The first-order chi connectivity index (χ1) is 34.5. The van der Waals surface area contributed by atoms with Gasteiger partial charge in [-0.15, -0.1) is 0 Å². The topological polar surface area (TPSA) is 180 Å². The number of unbranched alkanes of at least 4 members (excludes halogenated alkanes) is 14. The lowest BCUT2D eigenvalue weighted by molar-refractivity contribution is -0.196. The van der Waals surface area contributed by atoms with Crippen molar-refractivity contribution < 1.29 is 65.7 Å². The molecule has 1 fully saturated rings. The van der Waals surface area contributed by atoms with E-state index < -0.39 is 101 Å². The van der Waals surface area contributed by atoms with Crippen LogP contribution >= 0.6 is 89.0 Å². The van der Waals surface area contributed by atoms with Gasteiger partial charge in [0.2, 0.25) is 7.59 Å². The summed E-state index contributed by atoms with van der Waals surface area (Å²) in [5.74, 6) is -1.38. The van der Waals surface area contributed by atoms with Crippen LogP contribution in [0.4, 0.5) is 9.59 Å². The zero-order chi connectivity index (χ0) is 53.9. The Bertz CT molecular complexity index is 1920. The van der Waals surface area contributed by atoms with Crippen molar-refractivity contribution >= 4 is 113 Å². The minimum absolute atomic E-state index is 0.0233. The van der Waals surface area contributed by atoms with Gasteiger partial charge >= 0.3 is 32.0 Å². The van der Waals surface area contributed by atoms with Crippen LogP contribution in [0.3, 0.4) is 0 Å². The monoisotopic (exact) mass is 1190 g/mol. The summed E-state index contributed by atoms with van der Waals surface area (Å²) in [6.07, 6.45) is 7.54. The van der Waals surface area contributed by atoms with Crippen molar-refractivity contribution in [3.8, 4) is 11.5 Å². The average molecular weight is 1190 g/mol. The van der Waals surface area contributed by atoms with Gasteiger partial charge in [-0.05, 0) is 57.4 Å². The van der Waals surface area contributed by atoms with E-state index in [9.17, 15) is 19.2 Å². The van der Waals surface area contributed by atoms with Crippen molar-refractivity contribution in [2.24, 2.45) is 0 Å². The van der Waals surface area contributed by atoms with Gasteiger partial charge in [0, 0.05) is 6.42 Å². The number of amides is 1. The molecule has 73 heavy (non-hydrogen) atoms. The van der Waals surface area contributed by atoms with Gasteiger partial charge in [-0.2, -0.15) is 0 Å². The number of alkyl carbamates (subject to hydrolysis) is 1. The number of hydrogen-bond donors (Lipinski definition) is 1. The summed E-state index contributed by atoms with van der Waals surface area (Å²) in [4.78, 5) is 54.3. The van der Waals surface area contributed by atoms with Gasteiger partial charge in [-0.3, -0.25) is 14.1 Å². The third kappa shape index (κ3) is 26.5. The van der Waals surface area contributed by atoms with Gasteiger partial charge < -0.3 is 42.8 Å². The Balaban J connectivity index is 2.05. The molecular formula is C50H71Cl7NO14P. The third-order valence-electron chi connectivity index (χ3n) is 11.4. The number of carbonyl (C=O) groups excluding carboxylic acids is 4. The first-order valence-electron chi connectivity index (χ1n) is 24.9. The first-order valence-corrected chi connectivity index (χ1v) is 29.1. The van der Waals surface area contributed by atoms with Gasteiger partial charge in [0.15, 0.2) is 17.3 Å². The summed E-state index contributed by atoms with van der Waals surface area (Å²) in [6.45, 7) is 5.43. The molecule has 0 saturated carbocycles. The van der Waals surface area contributed by atoms with Crippen molar-refractivity contribution in [2.45, 2.75) is 199 Å². The number of esters is 2. The van der Waals surface area contributed by atoms with Crippen LogP contribution in [0.2, 0.25) is 0 Å². The third-order valence-corrected chi connectivity index (χ3v) is 14.9. The molecule has 3 rings (SSSR count). The fourth-order valence-electron chi connectivity index (χ4n) is 7.39. The molecular weight excluding hydrogens is 1120 g/mol. The van der Waals surface area contributed by atoms with Gasteiger partial charge in [0.1, 0.15) is 49.1 Å². The van der Waals surface area contributed by atoms with Crippen LogP contribution in [-0.4, -0.2) is 86.6 Å². The largest absolute Gasteiger partial charge is 0.588 e. The second-order valence-corrected chi connectivity index (χ2v) is 24.8. The van der Waals surface area contributed by atoms with Crippen LogP contribution in [0.25, 0.3) is 0 Å². The molecule has 0 radical (unpaired) electrons. The maximum Gasteiger partial charge on any atom is 0.588 e. The molecule has 2 aromatic carbocycles. The zero-order valence-electron chi connectivity index (χ0n) is 41.9.